The predicted octanol–water partition coefficient (Wildman–Crippen LogP) is 0.449. The standard InChI is InChI=1S/C29H54N6O6/c1-16(2)14-18(5)26(38)32-21(12-13-30)27(39)33-22(15-20-10-8-7-9-11-20)28(40)34-23(17(3)4)29(41)35-24(19(6)36)25(31)37/h16-24,36H,7-15,30H2,1-6H3,(H2,31,37)(H,32,38)(H,33,39)(H,34,40)(H,35,41)/t18-,19-,21+,22+,23+,24+/m1/s1. The number of hydrogen-bond acceptors (Lipinski definition) is 7. The van der Waals surface area contributed by atoms with Crippen molar-refractivity contribution in [2.24, 2.45) is 35.1 Å². The summed E-state index contributed by atoms with van der Waals surface area (Å²) in [7, 11) is 0. The number of hydrogen-bond donors (Lipinski definition) is 7. The number of carbonyl (C=O) groups excluding carboxylic acids is 5. The molecular formula is C29H54N6O6. The van der Waals surface area contributed by atoms with Crippen molar-refractivity contribution in [1.29, 1.82) is 0 Å². The molecule has 0 bridgehead atoms. The fourth-order valence-electron chi connectivity index (χ4n) is 5.28. The minimum Gasteiger partial charge on any atom is -0.391 e. The summed E-state index contributed by atoms with van der Waals surface area (Å²) in [5.41, 5.74) is 11.1. The van der Waals surface area contributed by atoms with Crippen molar-refractivity contribution < 1.29 is 29.1 Å². The number of nitrogens with one attached hydrogen (secondary N) is 4. The molecule has 0 aromatic carbocycles. The van der Waals surface area contributed by atoms with E-state index in [-0.39, 0.29) is 36.6 Å². The second-order valence-electron chi connectivity index (χ2n) is 12.3. The summed E-state index contributed by atoms with van der Waals surface area (Å²) in [5, 5.41) is 20.6. The number of rotatable bonds is 17. The smallest absolute Gasteiger partial charge is 0.243 e. The lowest BCUT2D eigenvalue weighted by atomic mass is 9.84. The molecule has 0 heterocycles. The molecule has 0 spiro atoms. The third kappa shape index (κ3) is 12.8. The monoisotopic (exact) mass is 582 g/mol. The van der Waals surface area contributed by atoms with Gasteiger partial charge in [0.2, 0.25) is 29.5 Å². The Morgan fingerprint density at radius 2 is 1.29 bits per heavy atom. The minimum atomic E-state index is -1.32. The molecule has 0 aliphatic heterocycles. The van der Waals surface area contributed by atoms with E-state index < -0.39 is 53.9 Å². The van der Waals surface area contributed by atoms with Crippen molar-refractivity contribution in [2.45, 2.75) is 123 Å². The van der Waals surface area contributed by atoms with Gasteiger partial charge in [-0.25, -0.2) is 0 Å². The van der Waals surface area contributed by atoms with Gasteiger partial charge in [0.1, 0.15) is 24.2 Å². The van der Waals surface area contributed by atoms with Crippen LogP contribution in [0, 0.1) is 23.7 Å². The van der Waals surface area contributed by atoms with E-state index in [1.807, 2.05) is 20.8 Å². The van der Waals surface area contributed by atoms with E-state index in [1.165, 1.54) is 6.92 Å². The summed E-state index contributed by atoms with van der Waals surface area (Å²) in [5.74, 6) is -3.02. The van der Waals surface area contributed by atoms with E-state index in [0.717, 1.165) is 32.1 Å². The van der Waals surface area contributed by atoms with Gasteiger partial charge in [-0.1, -0.05) is 66.7 Å². The van der Waals surface area contributed by atoms with Crippen LogP contribution < -0.4 is 32.7 Å². The first-order valence-corrected chi connectivity index (χ1v) is 15.1. The van der Waals surface area contributed by atoms with Crippen molar-refractivity contribution in [1.82, 2.24) is 21.3 Å². The van der Waals surface area contributed by atoms with Gasteiger partial charge in [-0.3, -0.25) is 24.0 Å². The Balaban J connectivity index is 3.12. The average molecular weight is 583 g/mol. The normalized spacial score (nSPS) is 18.5. The lowest BCUT2D eigenvalue weighted by molar-refractivity contribution is -0.136. The van der Waals surface area contributed by atoms with E-state index in [4.69, 9.17) is 11.5 Å². The molecule has 6 atom stereocenters. The third-order valence-electron chi connectivity index (χ3n) is 7.62. The van der Waals surface area contributed by atoms with Crippen molar-refractivity contribution in [3.63, 3.8) is 0 Å². The molecule has 0 aromatic rings. The van der Waals surface area contributed by atoms with Gasteiger partial charge in [0.05, 0.1) is 6.10 Å². The second-order valence-corrected chi connectivity index (χ2v) is 12.3. The quantitative estimate of drug-likeness (QED) is 0.129. The molecule has 1 fully saturated rings. The number of aliphatic hydroxyl groups excluding tert-OH is 1. The highest BCUT2D eigenvalue weighted by Gasteiger charge is 2.34. The van der Waals surface area contributed by atoms with E-state index in [0.29, 0.717) is 18.8 Å². The molecular weight excluding hydrogens is 528 g/mol. The van der Waals surface area contributed by atoms with Crippen LogP contribution in [-0.2, 0) is 24.0 Å². The number of primary amides is 1. The van der Waals surface area contributed by atoms with E-state index in [1.54, 1.807) is 13.8 Å². The van der Waals surface area contributed by atoms with Gasteiger partial charge in [-0.05, 0) is 50.5 Å². The van der Waals surface area contributed by atoms with Crippen LogP contribution in [0.5, 0.6) is 0 Å². The van der Waals surface area contributed by atoms with Crippen LogP contribution in [0.2, 0.25) is 0 Å². The third-order valence-corrected chi connectivity index (χ3v) is 7.62. The molecule has 0 saturated heterocycles. The molecule has 1 aliphatic carbocycles. The lowest BCUT2D eigenvalue weighted by Crippen LogP contribution is -2.60. The van der Waals surface area contributed by atoms with Crippen LogP contribution in [0.15, 0.2) is 0 Å². The summed E-state index contributed by atoms with van der Waals surface area (Å²) in [6.45, 7) is 10.8. The number of nitrogens with two attached hydrogens (primary N) is 2. The largest absolute Gasteiger partial charge is 0.391 e. The van der Waals surface area contributed by atoms with Crippen LogP contribution in [0.3, 0.4) is 0 Å². The maximum Gasteiger partial charge on any atom is 0.243 e. The first-order valence-electron chi connectivity index (χ1n) is 15.1. The Labute approximate surface area is 244 Å². The fourth-order valence-corrected chi connectivity index (χ4v) is 5.28. The summed E-state index contributed by atoms with van der Waals surface area (Å²) in [6.07, 6.45) is 5.09. The Morgan fingerprint density at radius 1 is 0.756 bits per heavy atom. The first kappa shape index (κ1) is 36.3. The molecule has 1 rings (SSSR count). The lowest BCUT2D eigenvalue weighted by Gasteiger charge is -2.31. The summed E-state index contributed by atoms with van der Waals surface area (Å²) < 4.78 is 0. The number of carbonyl (C=O) groups is 5. The van der Waals surface area contributed by atoms with Gasteiger partial charge < -0.3 is 37.8 Å². The average Bonchev–Trinajstić information content (AvgIpc) is 2.88. The van der Waals surface area contributed by atoms with Gasteiger partial charge in [-0.2, -0.15) is 0 Å². The van der Waals surface area contributed by atoms with E-state index in [9.17, 15) is 29.1 Å². The molecule has 12 heteroatoms. The molecule has 236 valence electrons. The van der Waals surface area contributed by atoms with Crippen LogP contribution in [0.1, 0.15) is 92.9 Å². The summed E-state index contributed by atoms with van der Waals surface area (Å²) in [6, 6.07) is -4.23. The molecule has 1 aliphatic rings. The fraction of sp³-hybridized carbons (Fsp3) is 0.828. The van der Waals surface area contributed by atoms with Gasteiger partial charge in [0.25, 0.3) is 0 Å². The highest BCUT2D eigenvalue weighted by Crippen LogP contribution is 2.27. The zero-order valence-electron chi connectivity index (χ0n) is 25.7. The second kappa shape index (κ2) is 17.9. The Bertz CT molecular complexity index is 874. The van der Waals surface area contributed by atoms with Crippen molar-refractivity contribution in [2.75, 3.05) is 6.54 Å². The molecule has 1 saturated carbocycles. The summed E-state index contributed by atoms with van der Waals surface area (Å²) in [4.78, 5) is 64.5. The first-order chi connectivity index (χ1) is 19.2. The predicted molar refractivity (Wildman–Crippen MR) is 157 cm³/mol. The molecule has 0 unspecified atom stereocenters. The van der Waals surface area contributed by atoms with E-state index >= 15 is 0 Å². The molecule has 12 nitrogen and oxygen atoms in total. The van der Waals surface area contributed by atoms with Crippen LogP contribution >= 0.6 is 0 Å². The molecule has 0 aromatic heterocycles. The van der Waals surface area contributed by atoms with Crippen molar-refractivity contribution >= 4 is 29.5 Å². The van der Waals surface area contributed by atoms with Crippen molar-refractivity contribution in [3.8, 4) is 0 Å². The Kier molecular flexibility index (Phi) is 15.9. The topological polar surface area (TPSA) is 206 Å². The highest BCUT2D eigenvalue weighted by atomic mass is 16.3. The number of aliphatic hydroxyl groups is 1. The van der Waals surface area contributed by atoms with Gasteiger partial charge in [-0.15, -0.1) is 0 Å². The number of amides is 5. The summed E-state index contributed by atoms with van der Waals surface area (Å²) >= 11 is 0. The maximum absolute atomic E-state index is 13.6. The van der Waals surface area contributed by atoms with Gasteiger partial charge in [0.15, 0.2) is 0 Å². The van der Waals surface area contributed by atoms with Gasteiger partial charge in [0, 0.05) is 5.92 Å². The highest BCUT2D eigenvalue weighted by molar-refractivity contribution is 5.95. The van der Waals surface area contributed by atoms with Crippen molar-refractivity contribution in [3.05, 3.63) is 0 Å². The molecule has 0 radical (unpaired) electrons. The Morgan fingerprint density at radius 3 is 1.78 bits per heavy atom. The molecule has 9 N–H and O–H groups in total. The van der Waals surface area contributed by atoms with Crippen LogP contribution in [0.4, 0.5) is 0 Å². The molecule has 41 heavy (non-hydrogen) atoms. The maximum atomic E-state index is 13.6. The SMILES string of the molecule is CC(C)C[C@@H](C)C(=O)N[C@@H](CCN)C(=O)N[C@@H](CC1CCCCC1)C(=O)N[C@H](C(=O)N[C@H](C(N)=O)[C@@H](C)O)C(C)C. The zero-order chi connectivity index (χ0) is 31.3. The molecule has 5 amide bonds. The van der Waals surface area contributed by atoms with Crippen LogP contribution in [-0.4, -0.2) is 71.5 Å². The van der Waals surface area contributed by atoms with E-state index in [2.05, 4.69) is 21.3 Å². The van der Waals surface area contributed by atoms with Gasteiger partial charge >= 0.3 is 0 Å². The Hall–Kier alpha value is -2.73. The zero-order valence-corrected chi connectivity index (χ0v) is 25.7. The minimum absolute atomic E-state index is 0.163. The van der Waals surface area contributed by atoms with Crippen LogP contribution in [0.25, 0.3) is 0 Å².